The average molecular weight is 404 g/mol. The van der Waals surface area contributed by atoms with E-state index in [0.29, 0.717) is 16.7 Å². The van der Waals surface area contributed by atoms with Crippen LogP contribution in [0.4, 0.5) is 0 Å². The van der Waals surface area contributed by atoms with Gasteiger partial charge in [-0.25, -0.2) is 0 Å². The molecule has 128 valence electrons. The van der Waals surface area contributed by atoms with Gasteiger partial charge in [-0.15, -0.1) is 12.4 Å². The van der Waals surface area contributed by atoms with Gasteiger partial charge < -0.3 is 15.0 Å². The summed E-state index contributed by atoms with van der Waals surface area (Å²) in [6.07, 6.45) is 4.74. The third-order valence-electron chi connectivity index (χ3n) is 5.17. The zero-order valence-corrected chi connectivity index (χ0v) is 15.8. The highest BCUT2D eigenvalue weighted by atomic mass is 79.9. The van der Waals surface area contributed by atoms with Gasteiger partial charge >= 0.3 is 0 Å². The monoisotopic (exact) mass is 402 g/mol. The Bertz CT molecular complexity index is 552. The molecule has 2 heterocycles. The molecule has 0 unspecified atom stereocenters. The van der Waals surface area contributed by atoms with Gasteiger partial charge in [-0.3, -0.25) is 4.79 Å². The molecule has 0 bridgehead atoms. The highest BCUT2D eigenvalue weighted by molar-refractivity contribution is 9.10. The molecule has 0 aromatic heterocycles. The highest BCUT2D eigenvalue weighted by Gasteiger charge is 2.37. The number of nitrogens with zero attached hydrogens (tertiary/aromatic N) is 1. The Morgan fingerprint density at radius 2 is 1.87 bits per heavy atom. The fraction of sp³-hybridized carbons (Fsp3) is 0.588. The van der Waals surface area contributed by atoms with E-state index >= 15 is 0 Å². The van der Waals surface area contributed by atoms with E-state index in [1.807, 2.05) is 23.1 Å². The van der Waals surface area contributed by atoms with Crippen LogP contribution in [-0.2, 0) is 0 Å². The molecule has 23 heavy (non-hydrogen) atoms. The van der Waals surface area contributed by atoms with Crippen LogP contribution in [0.2, 0.25) is 0 Å². The van der Waals surface area contributed by atoms with Crippen molar-refractivity contribution < 1.29 is 9.53 Å². The maximum absolute atomic E-state index is 12.8. The van der Waals surface area contributed by atoms with E-state index in [-0.39, 0.29) is 18.3 Å². The number of carbonyl (C=O) groups is 1. The van der Waals surface area contributed by atoms with Crippen LogP contribution in [0.3, 0.4) is 0 Å². The van der Waals surface area contributed by atoms with Crippen molar-refractivity contribution in [1.82, 2.24) is 10.2 Å². The topological polar surface area (TPSA) is 41.6 Å². The van der Waals surface area contributed by atoms with Crippen molar-refractivity contribution in [2.75, 3.05) is 33.3 Å². The van der Waals surface area contributed by atoms with Crippen LogP contribution < -0.4 is 10.1 Å². The quantitative estimate of drug-likeness (QED) is 0.822. The van der Waals surface area contributed by atoms with Crippen molar-refractivity contribution in [3.05, 3.63) is 28.2 Å². The second kappa shape index (κ2) is 7.86. The number of nitrogens with one attached hydrogen (secondary N) is 1. The lowest BCUT2D eigenvalue weighted by Gasteiger charge is -2.44. The Kier molecular flexibility index (Phi) is 6.34. The predicted molar refractivity (Wildman–Crippen MR) is 97.6 cm³/mol. The zero-order valence-electron chi connectivity index (χ0n) is 13.4. The number of carbonyl (C=O) groups excluding carboxylic acids is 1. The van der Waals surface area contributed by atoms with Crippen LogP contribution in [0.1, 0.15) is 36.0 Å². The summed E-state index contributed by atoms with van der Waals surface area (Å²) in [5, 5.41) is 3.43. The molecule has 0 saturated carbocycles. The first kappa shape index (κ1) is 18.6. The minimum Gasteiger partial charge on any atom is -0.496 e. The first-order valence-corrected chi connectivity index (χ1v) is 8.76. The molecule has 2 fully saturated rings. The Morgan fingerprint density at radius 3 is 2.48 bits per heavy atom. The minimum atomic E-state index is 0. The van der Waals surface area contributed by atoms with Gasteiger partial charge in [0.05, 0.1) is 12.7 Å². The lowest BCUT2D eigenvalue weighted by Crippen LogP contribution is -2.47. The van der Waals surface area contributed by atoms with Gasteiger partial charge in [-0.05, 0) is 62.4 Å². The van der Waals surface area contributed by atoms with Gasteiger partial charge in [0.15, 0.2) is 0 Å². The normalized spacial score (nSPS) is 20.0. The molecule has 3 rings (SSSR count). The van der Waals surface area contributed by atoms with E-state index in [4.69, 9.17) is 4.74 Å². The van der Waals surface area contributed by atoms with Crippen molar-refractivity contribution >= 4 is 34.2 Å². The van der Waals surface area contributed by atoms with E-state index in [2.05, 4.69) is 21.2 Å². The van der Waals surface area contributed by atoms with Crippen molar-refractivity contribution in [1.29, 1.82) is 0 Å². The number of likely N-dealkylation sites (tertiary alicyclic amines) is 1. The number of benzene rings is 1. The van der Waals surface area contributed by atoms with E-state index in [1.54, 1.807) is 7.11 Å². The highest BCUT2D eigenvalue weighted by Crippen LogP contribution is 2.40. The van der Waals surface area contributed by atoms with Crippen molar-refractivity contribution in [2.24, 2.45) is 5.41 Å². The van der Waals surface area contributed by atoms with Crippen LogP contribution in [0.5, 0.6) is 5.75 Å². The molecule has 0 atom stereocenters. The number of piperidine rings is 2. The van der Waals surface area contributed by atoms with Gasteiger partial charge in [0.25, 0.3) is 5.91 Å². The summed E-state index contributed by atoms with van der Waals surface area (Å²) in [6.45, 7) is 3.96. The van der Waals surface area contributed by atoms with E-state index in [1.165, 1.54) is 12.8 Å². The summed E-state index contributed by atoms with van der Waals surface area (Å²) >= 11 is 3.42. The molecule has 2 aliphatic rings. The summed E-state index contributed by atoms with van der Waals surface area (Å²) in [7, 11) is 1.61. The number of hydrogen-bond acceptors (Lipinski definition) is 3. The second-order valence-electron chi connectivity index (χ2n) is 6.39. The Hall–Kier alpha value is -0.780. The Labute approximate surface area is 152 Å². The molecule has 1 spiro atoms. The molecule has 0 radical (unpaired) electrons. The number of hydrogen-bond donors (Lipinski definition) is 1. The largest absolute Gasteiger partial charge is 0.496 e. The number of rotatable bonds is 2. The van der Waals surface area contributed by atoms with Gasteiger partial charge in [-0.2, -0.15) is 0 Å². The Morgan fingerprint density at radius 1 is 1.22 bits per heavy atom. The van der Waals surface area contributed by atoms with E-state index in [9.17, 15) is 4.79 Å². The smallest absolute Gasteiger partial charge is 0.257 e. The SMILES string of the molecule is COc1cc(Br)ccc1C(=O)N1CCC2(CCNCC2)CC1.Cl. The van der Waals surface area contributed by atoms with Crippen LogP contribution in [-0.4, -0.2) is 44.1 Å². The number of ether oxygens (including phenoxy) is 1. The van der Waals surface area contributed by atoms with E-state index in [0.717, 1.165) is 43.5 Å². The van der Waals surface area contributed by atoms with Gasteiger partial charge in [0.1, 0.15) is 5.75 Å². The summed E-state index contributed by atoms with van der Waals surface area (Å²) in [5.74, 6) is 0.731. The van der Waals surface area contributed by atoms with Gasteiger partial charge in [-0.1, -0.05) is 15.9 Å². The van der Waals surface area contributed by atoms with Crippen molar-refractivity contribution in [3.8, 4) is 5.75 Å². The third-order valence-corrected chi connectivity index (χ3v) is 5.66. The molecule has 1 N–H and O–H groups in total. The maximum Gasteiger partial charge on any atom is 0.257 e. The third kappa shape index (κ3) is 4.01. The first-order valence-electron chi connectivity index (χ1n) is 7.97. The zero-order chi connectivity index (χ0) is 15.6. The summed E-state index contributed by atoms with van der Waals surface area (Å²) in [4.78, 5) is 14.8. The average Bonchev–Trinajstić information content (AvgIpc) is 2.55. The standard InChI is InChI=1S/C17H23BrN2O2.ClH/c1-22-15-12-13(18)2-3-14(15)16(21)20-10-6-17(7-11-20)4-8-19-9-5-17;/h2-3,12,19H,4-11H2,1H3;1H. The van der Waals surface area contributed by atoms with Crippen LogP contribution in [0.15, 0.2) is 22.7 Å². The molecular formula is C17H24BrClN2O2. The lowest BCUT2D eigenvalue weighted by atomic mass is 9.71. The summed E-state index contributed by atoms with van der Waals surface area (Å²) < 4.78 is 6.29. The Balaban J connectivity index is 0.00000192. The van der Waals surface area contributed by atoms with Crippen molar-refractivity contribution in [2.45, 2.75) is 25.7 Å². The molecule has 4 nitrogen and oxygen atoms in total. The molecule has 1 amide bonds. The predicted octanol–water partition coefficient (Wildman–Crippen LogP) is 3.49. The second-order valence-corrected chi connectivity index (χ2v) is 7.30. The van der Waals surface area contributed by atoms with Crippen LogP contribution in [0, 0.1) is 5.41 Å². The molecule has 1 aromatic carbocycles. The molecule has 1 aromatic rings. The van der Waals surface area contributed by atoms with E-state index < -0.39 is 0 Å². The van der Waals surface area contributed by atoms with Crippen LogP contribution in [0.25, 0.3) is 0 Å². The summed E-state index contributed by atoms with van der Waals surface area (Å²) in [5.41, 5.74) is 1.12. The number of halogens is 2. The van der Waals surface area contributed by atoms with Crippen molar-refractivity contribution in [3.63, 3.8) is 0 Å². The molecule has 0 aliphatic carbocycles. The number of amides is 1. The molecule has 2 saturated heterocycles. The van der Waals surface area contributed by atoms with Crippen LogP contribution >= 0.6 is 28.3 Å². The molecule has 6 heteroatoms. The first-order chi connectivity index (χ1) is 10.6. The fourth-order valence-electron chi connectivity index (χ4n) is 3.65. The summed E-state index contributed by atoms with van der Waals surface area (Å²) in [6, 6.07) is 5.60. The number of methoxy groups -OCH3 is 1. The maximum atomic E-state index is 12.8. The molecule has 2 aliphatic heterocycles. The fourth-order valence-corrected chi connectivity index (χ4v) is 3.99. The van der Waals surface area contributed by atoms with Gasteiger partial charge in [0.2, 0.25) is 0 Å². The molecular weight excluding hydrogens is 380 g/mol. The minimum absolute atomic E-state index is 0. The van der Waals surface area contributed by atoms with Gasteiger partial charge in [0, 0.05) is 17.6 Å². The lowest BCUT2D eigenvalue weighted by molar-refractivity contribution is 0.0493.